The maximum absolute atomic E-state index is 12.5. The molecule has 8 nitrogen and oxygen atoms in total. The summed E-state index contributed by atoms with van der Waals surface area (Å²) in [7, 11) is -3.96. The zero-order valence-electron chi connectivity index (χ0n) is 14.9. The first-order valence-corrected chi connectivity index (χ1v) is 10.1. The number of nitro benzene ring substituents is 1. The van der Waals surface area contributed by atoms with Gasteiger partial charge < -0.3 is 0 Å². The molecule has 0 aliphatic heterocycles. The lowest BCUT2D eigenvalue weighted by Crippen LogP contribution is -2.23. The number of hydrogen-bond acceptors (Lipinski definition) is 5. The minimum Gasteiger partial charge on any atom is -0.268 e. The largest absolute Gasteiger partial charge is 0.275 e. The number of halogens is 1. The van der Waals surface area contributed by atoms with Crippen LogP contribution in [0, 0.1) is 17.0 Å². The molecule has 0 saturated heterocycles. The molecule has 28 heavy (non-hydrogen) atoms. The fraction of sp³-hybridized carbons (Fsp3) is 0.167. The van der Waals surface area contributed by atoms with E-state index in [1.807, 2.05) is 36.5 Å². The van der Waals surface area contributed by atoms with Gasteiger partial charge in [0.15, 0.2) is 0 Å². The Morgan fingerprint density at radius 2 is 1.89 bits per heavy atom. The zero-order chi connectivity index (χ0) is 20.3. The second-order valence-electron chi connectivity index (χ2n) is 6.15. The smallest absolute Gasteiger partial charge is 0.268 e. The second kappa shape index (κ2) is 8.09. The van der Waals surface area contributed by atoms with E-state index in [4.69, 9.17) is 11.6 Å². The van der Waals surface area contributed by atoms with Gasteiger partial charge in [-0.05, 0) is 30.2 Å². The first-order chi connectivity index (χ1) is 13.3. The average molecular weight is 421 g/mol. The Kier molecular flexibility index (Phi) is 5.78. The molecule has 2 aromatic carbocycles. The lowest BCUT2D eigenvalue weighted by molar-refractivity contribution is -0.385. The van der Waals surface area contributed by atoms with Crippen molar-refractivity contribution >= 4 is 27.3 Å². The maximum atomic E-state index is 12.5. The Hall–Kier alpha value is -2.75. The highest BCUT2D eigenvalue weighted by Gasteiger charge is 2.22. The van der Waals surface area contributed by atoms with Gasteiger partial charge in [0.25, 0.3) is 5.69 Å². The quantitative estimate of drug-likeness (QED) is 0.466. The van der Waals surface area contributed by atoms with E-state index in [0.29, 0.717) is 6.54 Å². The van der Waals surface area contributed by atoms with Crippen LogP contribution in [0.3, 0.4) is 0 Å². The monoisotopic (exact) mass is 420 g/mol. The lowest BCUT2D eigenvalue weighted by atomic mass is 10.1. The molecule has 1 aromatic heterocycles. The van der Waals surface area contributed by atoms with Gasteiger partial charge in [-0.3, -0.25) is 14.8 Å². The molecular weight excluding hydrogens is 404 g/mol. The molecule has 0 saturated carbocycles. The Bertz CT molecular complexity index is 1100. The van der Waals surface area contributed by atoms with E-state index >= 15 is 0 Å². The third-order valence-electron chi connectivity index (χ3n) is 4.19. The Balaban J connectivity index is 1.72. The number of nitrogens with zero attached hydrogens (tertiary/aromatic N) is 3. The molecule has 0 amide bonds. The van der Waals surface area contributed by atoms with Gasteiger partial charge in [0, 0.05) is 30.6 Å². The number of nitro groups is 1. The van der Waals surface area contributed by atoms with Crippen LogP contribution in [0.15, 0.2) is 59.8 Å². The van der Waals surface area contributed by atoms with Crippen molar-refractivity contribution in [2.45, 2.75) is 24.9 Å². The summed E-state index contributed by atoms with van der Waals surface area (Å²) in [5, 5.41) is 15.3. The van der Waals surface area contributed by atoms with Crippen LogP contribution in [0.25, 0.3) is 0 Å². The minimum absolute atomic E-state index is 0.0255. The van der Waals surface area contributed by atoms with Crippen molar-refractivity contribution in [3.8, 4) is 0 Å². The molecule has 0 unspecified atom stereocenters. The number of hydrogen-bond donors (Lipinski definition) is 1. The van der Waals surface area contributed by atoms with Crippen LogP contribution in [0.1, 0.15) is 16.7 Å². The van der Waals surface area contributed by atoms with E-state index in [-0.39, 0.29) is 27.7 Å². The van der Waals surface area contributed by atoms with Crippen molar-refractivity contribution in [1.29, 1.82) is 0 Å². The average Bonchev–Trinajstić information content (AvgIpc) is 3.16. The van der Waals surface area contributed by atoms with Crippen molar-refractivity contribution in [2.75, 3.05) is 0 Å². The summed E-state index contributed by atoms with van der Waals surface area (Å²) in [5.74, 6) is 0. The Morgan fingerprint density at radius 1 is 1.21 bits per heavy atom. The molecule has 3 aromatic rings. The summed E-state index contributed by atoms with van der Waals surface area (Å²) in [5.41, 5.74) is 1.66. The summed E-state index contributed by atoms with van der Waals surface area (Å²) >= 11 is 5.96. The van der Waals surface area contributed by atoms with Gasteiger partial charge >= 0.3 is 0 Å². The highest BCUT2D eigenvalue weighted by molar-refractivity contribution is 7.89. The molecule has 1 N–H and O–H groups in total. The first kappa shape index (κ1) is 20.0. The summed E-state index contributed by atoms with van der Waals surface area (Å²) in [6.07, 6.45) is 3.55. The van der Waals surface area contributed by atoms with Crippen molar-refractivity contribution in [1.82, 2.24) is 14.5 Å². The van der Waals surface area contributed by atoms with Crippen LogP contribution in [-0.2, 0) is 23.1 Å². The Labute approximate surface area is 167 Å². The van der Waals surface area contributed by atoms with E-state index in [2.05, 4.69) is 9.82 Å². The van der Waals surface area contributed by atoms with Crippen molar-refractivity contribution in [3.63, 3.8) is 0 Å². The van der Waals surface area contributed by atoms with Gasteiger partial charge in [-0.2, -0.15) is 5.10 Å². The van der Waals surface area contributed by atoms with Crippen molar-refractivity contribution in [2.24, 2.45) is 0 Å². The highest BCUT2D eigenvalue weighted by Crippen LogP contribution is 2.29. The summed E-state index contributed by atoms with van der Waals surface area (Å²) in [6.45, 7) is 2.13. The number of sulfonamides is 1. The highest BCUT2D eigenvalue weighted by atomic mass is 35.5. The van der Waals surface area contributed by atoms with Crippen LogP contribution in [0.2, 0.25) is 5.02 Å². The van der Waals surface area contributed by atoms with Crippen LogP contribution in [0.4, 0.5) is 5.69 Å². The van der Waals surface area contributed by atoms with Crippen LogP contribution >= 0.6 is 11.6 Å². The third kappa shape index (κ3) is 4.56. The van der Waals surface area contributed by atoms with Crippen molar-refractivity contribution in [3.05, 3.63) is 86.7 Å². The molecule has 10 heteroatoms. The molecule has 146 valence electrons. The van der Waals surface area contributed by atoms with Gasteiger partial charge in [0.05, 0.1) is 21.4 Å². The van der Waals surface area contributed by atoms with E-state index in [9.17, 15) is 18.5 Å². The molecule has 0 radical (unpaired) electrons. The minimum atomic E-state index is -3.96. The zero-order valence-corrected chi connectivity index (χ0v) is 16.4. The molecule has 0 aliphatic carbocycles. The first-order valence-electron chi connectivity index (χ1n) is 8.26. The van der Waals surface area contributed by atoms with Gasteiger partial charge in [-0.25, -0.2) is 13.1 Å². The van der Waals surface area contributed by atoms with Gasteiger partial charge in [0.1, 0.15) is 0 Å². The molecule has 0 atom stereocenters. The number of rotatable bonds is 7. The Morgan fingerprint density at radius 3 is 2.50 bits per heavy atom. The van der Waals surface area contributed by atoms with Crippen LogP contribution in [0.5, 0.6) is 0 Å². The van der Waals surface area contributed by atoms with Gasteiger partial charge in [-0.1, -0.05) is 35.9 Å². The topological polar surface area (TPSA) is 107 Å². The standard InChI is InChI=1S/C18H17ClN4O4S/c1-13-17(19)9-16(10-18(13)23(24)25)28(26,27)21-11-14-3-5-15(6-4-14)12-22-8-2-7-20-22/h2-10,21H,11-12H2,1H3. The van der Waals surface area contributed by atoms with Crippen molar-refractivity contribution < 1.29 is 13.3 Å². The second-order valence-corrected chi connectivity index (χ2v) is 8.33. The third-order valence-corrected chi connectivity index (χ3v) is 5.96. The van der Waals surface area contributed by atoms with Gasteiger partial charge in [-0.15, -0.1) is 0 Å². The maximum Gasteiger partial charge on any atom is 0.275 e. The van der Waals surface area contributed by atoms with E-state index in [1.165, 1.54) is 13.0 Å². The predicted octanol–water partition coefficient (Wildman–Crippen LogP) is 3.28. The number of nitrogens with one attached hydrogen (secondary N) is 1. The van der Waals surface area contributed by atoms with E-state index in [0.717, 1.165) is 17.2 Å². The number of benzene rings is 2. The lowest BCUT2D eigenvalue weighted by Gasteiger charge is -2.09. The molecule has 1 heterocycles. The van der Waals surface area contributed by atoms with E-state index < -0.39 is 14.9 Å². The number of aromatic nitrogens is 2. The fourth-order valence-electron chi connectivity index (χ4n) is 2.59. The normalized spacial score (nSPS) is 11.5. The summed E-state index contributed by atoms with van der Waals surface area (Å²) < 4.78 is 29.3. The van der Waals surface area contributed by atoms with Crippen LogP contribution in [-0.4, -0.2) is 23.1 Å². The van der Waals surface area contributed by atoms with Crippen LogP contribution < -0.4 is 4.72 Å². The van der Waals surface area contributed by atoms with E-state index in [1.54, 1.807) is 10.9 Å². The molecule has 0 bridgehead atoms. The molecule has 3 rings (SSSR count). The SMILES string of the molecule is Cc1c(Cl)cc(S(=O)(=O)NCc2ccc(Cn3cccn3)cc2)cc1[N+](=O)[O-]. The molecule has 0 spiro atoms. The fourth-order valence-corrected chi connectivity index (χ4v) is 3.93. The van der Waals surface area contributed by atoms with Gasteiger partial charge in [0.2, 0.25) is 10.0 Å². The predicted molar refractivity (Wildman–Crippen MR) is 105 cm³/mol. The summed E-state index contributed by atoms with van der Waals surface area (Å²) in [6, 6.07) is 11.5. The molecular formula is C18H17ClN4O4S. The summed E-state index contributed by atoms with van der Waals surface area (Å²) in [4.78, 5) is 10.2. The molecule has 0 aliphatic rings. The molecule has 0 fully saturated rings.